The van der Waals surface area contributed by atoms with Gasteiger partial charge in [-0.05, 0) is 43.3 Å². The minimum atomic E-state index is -4.65. The third-order valence-corrected chi connectivity index (χ3v) is 4.44. The van der Waals surface area contributed by atoms with E-state index in [2.05, 4.69) is 10.3 Å². The van der Waals surface area contributed by atoms with Crippen LogP contribution in [0.5, 0.6) is 0 Å². The third-order valence-electron chi connectivity index (χ3n) is 4.44. The summed E-state index contributed by atoms with van der Waals surface area (Å²) in [5.74, 6) is -1.14. The molecule has 2 N–H and O–H groups in total. The van der Waals surface area contributed by atoms with E-state index in [0.717, 1.165) is 17.0 Å². The number of rotatable bonds is 6. The second-order valence-electron chi connectivity index (χ2n) is 6.50. The summed E-state index contributed by atoms with van der Waals surface area (Å²) in [6.07, 6.45) is -3.21. The van der Waals surface area contributed by atoms with Gasteiger partial charge < -0.3 is 19.6 Å². The van der Waals surface area contributed by atoms with Crippen molar-refractivity contribution in [3.05, 3.63) is 76.3 Å². The number of hydrogen-bond acceptors (Lipinski definition) is 4. The number of amides is 2. The maximum atomic E-state index is 13.1. The molecule has 0 aliphatic carbocycles. The molecule has 0 bridgehead atoms. The maximum absolute atomic E-state index is 13.1. The Kier molecular flexibility index (Phi) is 6.28. The van der Waals surface area contributed by atoms with Gasteiger partial charge in [0.1, 0.15) is 17.9 Å². The van der Waals surface area contributed by atoms with Gasteiger partial charge in [-0.2, -0.15) is 13.2 Å². The van der Waals surface area contributed by atoms with Gasteiger partial charge in [-0.15, -0.1) is 0 Å². The molecule has 2 aromatic heterocycles. The predicted molar refractivity (Wildman–Crippen MR) is 106 cm³/mol. The van der Waals surface area contributed by atoms with E-state index in [-0.39, 0.29) is 12.1 Å². The number of benzene rings is 1. The third kappa shape index (κ3) is 5.03. The van der Waals surface area contributed by atoms with E-state index in [0.29, 0.717) is 11.5 Å². The van der Waals surface area contributed by atoms with E-state index < -0.39 is 41.3 Å². The molecule has 0 saturated carbocycles. The molecular weight excluding hydrogens is 415 g/mol. The standard InChI is InChI=1S/C21H18F3N3O4/c1-2-27(12-18(28)25-15-7-4-3-6-14(15)21(22,23)24)20(30)13-9-10-16(26-19(13)29)17-8-5-11-31-17/h3-11H,2,12H2,1H3,(H,25,28)(H,26,29). The van der Waals surface area contributed by atoms with Crippen LogP contribution in [0.2, 0.25) is 0 Å². The summed E-state index contributed by atoms with van der Waals surface area (Å²) in [6.45, 7) is 1.12. The summed E-state index contributed by atoms with van der Waals surface area (Å²) in [6, 6.07) is 10.6. The van der Waals surface area contributed by atoms with Crippen LogP contribution in [0.4, 0.5) is 18.9 Å². The summed E-state index contributed by atoms with van der Waals surface area (Å²) >= 11 is 0. The number of furan rings is 1. The van der Waals surface area contributed by atoms with E-state index in [1.165, 1.54) is 30.5 Å². The first kappa shape index (κ1) is 21.9. The van der Waals surface area contributed by atoms with Crippen molar-refractivity contribution in [3.8, 4) is 11.5 Å². The molecule has 1 aromatic carbocycles. The highest BCUT2D eigenvalue weighted by Crippen LogP contribution is 2.34. The Balaban J connectivity index is 1.75. The molecule has 0 radical (unpaired) electrons. The molecule has 0 aliphatic heterocycles. The van der Waals surface area contributed by atoms with Crippen molar-refractivity contribution in [1.29, 1.82) is 0 Å². The summed E-state index contributed by atoms with van der Waals surface area (Å²) < 4.78 is 44.5. The van der Waals surface area contributed by atoms with Crippen molar-refractivity contribution in [2.45, 2.75) is 13.1 Å². The first-order valence-electron chi connectivity index (χ1n) is 9.23. The van der Waals surface area contributed by atoms with Gasteiger partial charge in [-0.1, -0.05) is 12.1 Å². The molecule has 3 aromatic rings. The fraction of sp³-hybridized carbons (Fsp3) is 0.190. The Bertz CT molecular complexity index is 1140. The number of carbonyl (C=O) groups excluding carboxylic acids is 2. The minimum absolute atomic E-state index is 0.0620. The van der Waals surface area contributed by atoms with Crippen LogP contribution in [0.25, 0.3) is 11.5 Å². The highest BCUT2D eigenvalue weighted by atomic mass is 19.4. The Labute approximate surface area is 174 Å². The van der Waals surface area contributed by atoms with E-state index in [4.69, 9.17) is 4.42 Å². The largest absolute Gasteiger partial charge is 0.463 e. The quantitative estimate of drug-likeness (QED) is 0.619. The molecule has 0 fully saturated rings. The predicted octanol–water partition coefficient (Wildman–Crippen LogP) is 3.75. The van der Waals surface area contributed by atoms with E-state index >= 15 is 0 Å². The number of halogens is 3. The highest BCUT2D eigenvalue weighted by molar-refractivity contribution is 5.99. The molecule has 0 saturated heterocycles. The topological polar surface area (TPSA) is 95.4 Å². The van der Waals surface area contributed by atoms with Crippen LogP contribution in [0.1, 0.15) is 22.8 Å². The van der Waals surface area contributed by atoms with Crippen molar-refractivity contribution in [3.63, 3.8) is 0 Å². The molecule has 0 unspecified atom stereocenters. The van der Waals surface area contributed by atoms with E-state index in [1.54, 1.807) is 19.1 Å². The number of aromatic amines is 1. The molecular formula is C21H18F3N3O4. The second kappa shape index (κ2) is 8.90. The number of aromatic nitrogens is 1. The number of carbonyl (C=O) groups is 2. The van der Waals surface area contributed by atoms with Crippen molar-refractivity contribution < 1.29 is 27.2 Å². The Hall–Kier alpha value is -3.82. The number of likely N-dealkylation sites (N-methyl/N-ethyl adjacent to an activating group) is 1. The summed E-state index contributed by atoms with van der Waals surface area (Å²) in [4.78, 5) is 41.0. The monoisotopic (exact) mass is 433 g/mol. The summed E-state index contributed by atoms with van der Waals surface area (Å²) in [5, 5.41) is 2.18. The fourth-order valence-electron chi connectivity index (χ4n) is 2.92. The van der Waals surface area contributed by atoms with Crippen LogP contribution in [0.15, 0.2) is 64.0 Å². The number of pyridine rings is 1. The van der Waals surface area contributed by atoms with Crippen molar-refractivity contribution in [2.24, 2.45) is 0 Å². The Morgan fingerprint density at radius 1 is 1.10 bits per heavy atom. The molecule has 31 heavy (non-hydrogen) atoms. The lowest BCUT2D eigenvalue weighted by atomic mass is 10.1. The number of H-pyrrole nitrogens is 1. The van der Waals surface area contributed by atoms with E-state index in [1.807, 2.05) is 0 Å². The number of nitrogens with one attached hydrogen (secondary N) is 2. The zero-order chi connectivity index (χ0) is 22.6. The SMILES string of the molecule is CCN(CC(=O)Nc1ccccc1C(F)(F)F)C(=O)c1ccc(-c2ccco2)[nH]c1=O. The fourth-order valence-corrected chi connectivity index (χ4v) is 2.92. The summed E-state index contributed by atoms with van der Waals surface area (Å²) in [7, 11) is 0. The van der Waals surface area contributed by atoms with Gasteiger partial charge in [0, 0.05) is 6.54 Å². The van der Waals surface area contributed by atoms with Crippen LogP contribution >= 0.6 is 0 Å². The number of alkyl halides is 3. The van der Waals surface area contributed by atoms with Crippen LogP contribution in [-0.2, 0) is 11.0 Å². The minimum Gasteiger partial charge on any atom is -0.463 e. The molecule has 2 heterocycles. The smallest absolute Gasteiger partial charge is 0.418 e. The van der Waals surface area contributed by atoms with Gasteiger partial charge in [-0.25, -0.2) is 0 Å². The van der Waals surface area contributed by atoms with Crippen LogP contribution in [0, 0.1) is 0 Å². The first-order valence-corrected chi connectivity index (χ1v) is 9.23. The summed E-state index contributed by atoms with van der Waals surface area (Å²) in [5.41, 5.74) is -1.93. The average molecular weight is 433 g/mol. The lowest BCUT2D eigenvalue weighted by molar-refractivity contribution is -0.137. The second-order valence-corrected chi connectivity index (χ2v) is 6.50. The molecule has 10 heteroatoms. The number of nitrogens with zero attached hydrogens (tertiary/aromatic N) is 1. The average Bonchev–Trinajstić information content (AvgIpc) is 3.26. The number of anilines is 1. The maximum Gasteiger partial charge on any atom is 0.418 e. The van der Waals surface area contributed by atoms with Gasteiger partial charge >= 0.3 is 6.18 Å². The molecule has 0 aliphatic rings. The molecule has 7 nitrogen and oxygen atoms in total. The Morgan fingerprint density at radius 2 is 1.84 bits per heavy atom. The van der Waals surface area contributed by atoms with Gasteiger partial charge in [0.15, 0.2) is 0 Å². The molecule has 3 rings (SSSR count). The highest BCUT2D eigenvalue weighted by Gasteiger charge is 2.33. The number of hydrogen-bond donors (Lipinski definition) is 2. The van der Waals surface area contributed by atoms with Crippen LogP contribution in [-0.4, -0.2) is 34.8 Å². The van der Waals surface area contributed by atoms with Crippen molar-refractivity contribution in [1.82, 2.24) is 9.88 Å². The molecule has 162 valence electrons. The molecule has 0 atom stereocenters. The van der Waals surface area contributed by atoms with Gasteiger partial charge in [0.05, 0.1) is 23.2 Å². The zero-order valence-electron chi connectivity index (χ0n) is 16.3. The first-order chi connectivity index (χ1) is 14.7. The van der Waals surface area contributed by atoms with Gasteiger partial charge in [-0.3, -0.25) is 14.4 Å². The van der Waals surface area contributed by atoms with Gasteiger partial charge in [0.2, 0.25) is 5.91 Å². The lowest BCUT2D eigenvalue weighted by Crippen LogP contribution is -2.40. The lowest BCUT2D eigenvalue weighted by Gasteiger charge is -2.21. The van der Waals surface area contributed by atoms with E-state index in [9.17, 15) is 27.6 Å². The van der Waals surface area contributed by atoms with Crippen LogP contribution < -0.4 is 10.9 Å². The normalized spacial score (nSPS) is 11.2. The molecule has 2 amide bonds. The Morgan fingerprint density at radius 3 is 2.45 bits per heavy atom. The van der Waals surface area contributed by atoms with Crippen LogP contribution in [0.3, 0.4) is 0 Å². The van der Waals surface area contributed by atoms with Gasteiger partial charge in [0.25, 0.3) is 11.5 Å². The van der Waals surface area contributed by atoms with Crippen molar-refractivity contribution in [2.75, 3.05) is 18.4 Å². The number of para-hydroxylation sites is 1. The van der Waals surface area contributed by atoms with Crippen molar-refractivity contribution >= 4 is 17.5 Å². The molecule has 0 spiro atoms. The zero-order valence-corrected chi connectivity index (χ0v) is 16.3.